The highest BCUT2D eigenvalue weighted by atomic mass is 79.9. The van der Waals surface area contributed by atoms with Crippen molar-refractivity contribution in [3.63, 3.8) is 0 Å². The Morgan fingerprint density at radius 3 is 2.38 bits per heavy atom. The lowest BCUT2D eigenvalue weighted by atomic mass is 10.2. The van der Waals surface area contributed by atoms with Crippen LogP contribution in [0.5, 0.6) is 0 Å². The number of esters is 1. The summed E-state index contributed by atoms with van der Waals surface area (Å²) in [7, 11) is 0. The van der Waals surface area contributed by atoms with Crippen LogP contribution >= 0.6 is 15.9 Å². The van der Waals surface area contributed by atoms with Crippen molar-refractivity contribution in [2.75, 3.05) is 5.33 Å². The molecule has 0 aliphatic rings. The lowest BCUT2D eigenvalue weighted by Crippen LogP contribution is -2.45. The van der Waals surface area contributed by atoms with Crippen LogP contribution in [0.1, 0.15) is 26.3 Å². The first kappa shape index (κ1) is 17.5. The molecular weight excluding hydrogens is 338 g/mol. The highest BCUT2D eigenvalue weighted by Gasteiger charge is 2.24. The fourth-order valence-corrected chi connectivity index (χ4v) is 1.87. The van der Waals surface area contributed by atoms with E-state index in [9.17, 15) is 9.59 Å². The van der Waals surface area contributed by atoms with Gasteiger partial charge in [-0.25, -0.2) is 9.59 Å². The van der Waals surface area contributed by atoms with Gasteiger partial charge in [-0.1, -0.05) is 46.3 Å². The van der Waals surface area contributed by atoms with Crippen molar-refractivity contribution in [2.24, 2.45) is 0 Å². The van der Waals surface area contributed by atoms with E-state index >= 15 is 0 Å². The summed E-state index contributed by atoms with van der Waals surface area (Å²) in [5.74, 6) is -0.512. The topological polar surface area (TPSA) is 64.6 Å². The Morgan fingerprint density at radius 1 is 1.24 bits per heavy atom. The quantitative estimate of drug-likeness (QED) is 0.649. The summed E-state index contributed by atoms with van der Waals surface area (Å²) in [6.45, 7) is 5.43. The van der Waals surface area contributed by atoms with E-state index in [1.165, 1.54) is 0 Å². The van der Waals surface area contributed by atoms with Gasteiger partial charge in [0.1, 0.15) is 18.2 Å². The third kappa shape index (κ3) is 7.13. The van der Waals surface area contributed by atoms with Crippen LogP contribution in [0, 0.1) is 0 Å². The molecule has 0 saturated carbocycles. The molecule has 0 heterocycles. The highest BCUT2D eigenvalue weighted by Crippen LogP contribution is 2.08. The van der Waals surface area contributed by atoms with E-state index in [4.69, 9.17) is 9.47 Å². The minimum Gasteiger partial charge on any atom is -0.459 e. The zero-order valence-corrected chi connectivity index (χ0v) is 14.0. The predicted octanol–water partition coefficient (Wildman–Crippen LogP) is 3.02. The Hall–Kier alpha value is -1.56. The molecular formula is C15H20BrNO4. The van der Waals surface area contributed by atoms with Crippen molar-refractivity contribution >= 4 is 28.0 Å². The second kappa shape index (κ2) is 8.02. The molecule has 0 unspecified atom stereocenters. The summed E-state index contributed by atoms with van der Waals surface area (Å²) in [6.07, 6.45) is -0.649. The average molecular weight is 358 g/mol. The summed E-state index contributed by atoms with van der Waals surface area (Å²) in [4.78, 5) is 23.6. The maximum atomic E-state index is 11.9. The number of carbonyl (C=O) groups excluding carboxylic acids is 2. The Morgan fingerprint density at radius 2 is 1.86 bits per heavy atom. The maximum absolute atomic E-state index is 11.9. The molecule has 0 aliphatic heterocycles. The maximum Gasteiger partial charge on any atom is 0.408 e. The van der Waals surface area contributed by atoms with Gasteiger partial charge in [-0.15, -0.1) is 0 Å². The number of alkyl halides is 1. The van der Waals surface area contributed by atoms with Crippen LogP contribution in [-0.2, 0) is 20.9 Å². The van der Waals surface area contributed by atoms with E-state index in [2.05, 4.69) is 21.2 Å². The molecule has 1 atom stereocenters. The van der Waals surface area contributed by atoms with Crippen LogP contribution in [0.15, 0.2) is 30.3 Å². The first-order chi connectivity index (χ1) is 9.81. The van der Waals surface area contributed by atoms with E-state index in [0.29, 0.717) is 0 Å². The Kier molecular flexibility index (Phi) is 6.68. The van der Waals surface area contributed by atoms with E-state index in [0.717, 1.165) is 5.56 Å². The summed E-state index contributed by atoms with van der Waals surface area (Å²) in [5, 5.41) is 2.73. The number of nitrogens with one attached hydrogen (secondary N) is 1. The van der Waals surface area contributed by atoms with E-state index in [-0.39, 0.29) is 11.9 Å². The zero-order chi connectivity index (χ0) is 15.9. The van der Waals surface area contributed by atoms with Gasteiger partial charge in [0, 0.05) is 5.33 Å². The van der Waals surface area contributed by atoms with E-state index < -0.39 is 23.7 Å². The smallest absolute Gasteiger partial charge is 0.408 e. The molecule has 0 bridgehead atoms. The molecule has 0 saturated heterocycles. The van der Waals surface area contributed by atoms with Gasteiger partial charge in [0.25, 0.3) is 0 Å². The van der Waals surface area contributed by atoms with Crippen molar-refractivity contribution in [1.29, 1.82) is 0 Å². The fourth-order valence-electron chi connectivity index (χ4n) is 1.44. The van der Waals surface area contributed by atoms with Crippen LogP contribution in [0.4, 0.5) is 4.79 Å². The van der Waals surface area contributed by atoms with Crippen molar-refractivity contribution in [1.82, 2.24) is 5.32 Å². The van der Waals surface area contributed by atoms with E-state index in [1.807, 2.05) is 30.3 Å². The Labute approximate surface area is 133 Å². The van der Waals surface area contributed by atoms with Crippen LogP contribution in [0.3, 0.4) is 0 Å². The Balaban J connectivity index is 2.48. The minimum atomic E-state index is -0.788. The number of amides is 1. The summed E-state index contributed by atoms with van der Waals surface area (Å²) < 4.78 is 10.3. The molecule has 1 aromatic carbocycles. The van der Waals surface area contributed by atoms with Gasteiger partial charge in [-0.05, 0) is 26.3 Å². The number of halogens is 1. The highest BCUT2D eigenvalue weighted by molar-refractivity contribution is 9.09. The number of hydrogen-bond acceptors (Lipinski definition) is 4. The molecule has 1 aromatic rings. The summed E-state index contributed by atoms with van der Waals surface area (Å²) >= 11 is 3.18. The number of hydrogen-bond donors (Lipinski definition) is 1. The number of carbonyl (C=O) groups is 2. The SMILES string of the molecule is CC(C)(C)OC(=O)N[C@H](CBr)C(=O)OCc1ccccc1. The van der Waals surface area contributed by atoms with Crippen molar-refractivity contribution in [2.45, 2.75) is 39.0 Å². The predicted molar refractivity (Wildman–Crippen MR) is 83.2 cm³/mol. The zero-order valence-electron chi connectivity index (χ0n) is 12.4. The molecule has 6 heteroatoms. The van der Waals surface area contributed by atoms with Gasteiger partial charge in [-0.3, -0.25) is 0 Å². The van der Waals surface area contributed by atoms with Gasteiger partial charge in [0.15, 0.2) is 0 Å². The fraction of sp³-hybridized carbons (Fsp3) is 0.467. The second-order valence-corrected chi connectivity index (χ2v) is 6.09. The standard InChI is InChI=1S/C15H20BrNO4/c1-15(2,3)21-14(19)17-12(9-16)13(18)20-10-11-7-5-4-6-8-11/h4-8,12H,9-10H2,1-3H3,(H,17,19)/t12-/m1/s1. The molecule has 0 aliphatic carbocycles. The molecule has 1 amide bonds. The molecule has 5 nitrogen and oxygen atoms in total. The molecule has 1 rings (SSSR count). The van der Waals surface area contributed by atoms with Gasteiger partial charge < -0.3 is 14.8 Å². The number of ether oxygens (including phenoxy) is 2. The van der Waals surface area contributed by atoms with Gasteiger partial charge in [0.05, 0.1) is 0 Å². The average Bonchev–Trinajstić information content (AvgIpc) is 2.41. The molecule has 116 valence electrons. The van der Waals surface area contributed by atoms with Crippen LogP contribution in [0.2, 0.25) is 0 Å². The minimum absolute atomic E-state index is 0.166. The summed E-state index contributed by atoms with van der Waals surface area (Å²) in [6, 6.07) is 8.55. The van der Waals surface area contributed by atoms with Crippen molar-refractivity contribution < 1.29 is 19.1 Å². The lowest BCUT2D eigenvalue weighted by molar-refractivity contribution is -0.146. The monoisotopic (exact) mass is 357 g/mol. The van der Waals surface area contributed by atoms with Gasteiger partial charge >= 0.3 is 12.1 Å². The molecule has 0 radical (unpaired) electrons. The van der Waals surface area contributed by atoms with Crippen LogP contribution in [-0.4, -0.2) is 29.0 Å². The van der Waals surface area contributed by atoms with Crippen molar-refractivity contribution in [3.05, 3.63) is 35.9 Å². The second-order valence-electron chi connectivity index (χ2n) is 5.45. The van der Waals surface area contributed by atoms with Crippen LogP contribution in [0.25, 0.3) is 0 Å². The number of rotatable bonds is 5. The van der Waals surface area contributed by atoms with E-state index in [1.54, 1.807) is 20.8 Å². The molecule has 21 heavy (non-hydrogen) atoms. The lowest BCUT2D eigenvalue weighted by Gasteiger charge is -2.22. The normalized spacial score (nSPS) is 12.4. The van der Waals surface area contributed by atoms with Crippen molar-refractivity contribution in [3.8, 4) is 0 Å². The van der Waals surface area contributed by atoms with Crippen LogP contribution < -0.4 is 5.32 Å². The molecule has 0 fully saturated rings. The van der Waals surface area contributed by atoms with Gasteiger partial charge in [-0.2, -0.15) is 0 Å². The first-order valence-electron chi connectivity index (χ1n) is 6.58. The number of alkyl carbamates (subject to hydrolysis) is 1. The third-order valence-corrected chi connectivity index (χ3v) is 3.00. The first-order valence-corrected chi connectivity index (χ1v) is 7.70. The number of benzene rings is 1. The molecule has 0 spiro atoms. The molecule has 0 aromatic heterocycles. The largest absolute Gasteiger partial charge is 0.459 e. The Bertz CT molecular complexity index is 470. The van der Waals surface area contributed by atoms with Gasteiger partial charge in [0.2, 0.25) is 0 Å². The summed E-state index contributed by atoms with van der Waals surface area (Å²) in [5.41, 5.74) is 0.269. The third-order valence-electron chi connectivity index (χ3n) is 2.35. The molecule has 1 N–H and O–H groups in total.